The summed E-state index contributed by atoms with van der Waals surface area (Å²) in [5, 5.41) is 12.2. The topological polar surface area (TPSA) is 69.6 Å². The lowest BCUT2D eigenvalue weighted by Gasteiger charge is -2.19. The van der Waals surface area contributed by atoms with Crippen LogP contribution in [0.15, 0.2) is 24.3 Å². The highest BCUT2D eigenvalue weighted by Gasteiger charge is 2.34. The standard InChI is InChI=1S/C16H22N2O3/c1-11(17-12(2)10-19)6-5-9-18-15(20)13-7-3-4-8-14(13)16(18)21/h3-4,7-8,11-12,17,19H,5-6,9-10H2,1-2H3. The zero-order valence-electron chi connectivity index (χ0n) is 12.5. The van der Waals surface area contributed by atoms with Gasteiger partial charge >= 0.3 is 0 Å². The molecular formula is C16H22N2O3. The maximum absolute atomic E-state index is 12.2. The molecule has 0 bridgehead atoms. The van der Waals surface area contributed by atoms with Gasteiger partial charge in [-0.25, -0.2) is 0 Å². The number of fused-ring (bicyclic) bond motifs is 1. The van der Waals surface area contributed by atoms with Crippen molar-refractivity contribution in [3.63, 3.8) is 0 Å². The van der Waals surface area contributed by atoms with E-state index in [1.807, 2.05) is 13.8 Å². The minimum Gasteiger partial charge on any atom is -0.395 e. The molecule has 0 radical (unpaired) electrons. The molecule has 2 amide bonds. The molecular weight excluding hydrogens is 268 g/mol. The van der Waals surface area contributed by atoms with Crippen molar-refractivity contribution in [2.24, 2.45) is 0 Å². The Labute approximate surface area is 125 Å². The summed E-state index contributed by atoms with van der Waals surface area (Å²) in [5.74, 6) is -0.389. The zero-order valence-corrected chi connectivity index (χ0v) is 12.5. The zero-order chi connectivity index (χ0) is 15.4. The van der Waals surface area contributed by atoms with Gasteiger partial charge in [-0.05, 0) is 38.8 Å². The van der Waals surface area contributed by atoms with Crippen molar-refractivity contribution >= 4 is 11.8 Å². The third-order valence-corrected chi connectivity index (χ3v) is 3.74. The predicted molar refractivity (Wildman–Crippen MR) is 80.2 cm³/mol. The van der Waals surface area contributed by atoms with Crippen molar-refractivity contribution in [2.75, 3.05) is 13.2 Å². The Morgan fingerprint density at radius 1 is 1.10 bits per heavy atom. The number of nitrogens with zero attached hydrogens (tertiary/aromatic N) is 1. The molecule has 114 valence electrons. The SMILES string of the molecule is CC(CO)NC(C)CCCN1C(=O)c2ccccc2C1=O. The summed E-state index contributed by atoms with van der Waals surface area (Å²) in [4.78, 5) is 25.7. The van der Waals surface area contributed by atoms with Crippen molar-refractivity contribution in [3.8, 4) is 0 Å². The van der Waals surface area contributed by atoms with Gasteiger partial charge in [0.15, 0.2) is 0 Å². The second kappa shape index (κ2) is 6.83. The summed E-state index contributed by atoms with van der Waals surface area (Å²) < 4.78 is 0. The molecule has 0 fully saturated rings. The van der Waals surface area contributed by atoms with E-state index in [1.54, 1.807) is 24.3 Å². The van der Waals surface area contributed by atoms with E-state index in [0.717, 1.165) is 12.8 Å². The molecule has 1 heterocycles. The second-order valence-corrected chi connectivity index (χ2v) is 5.60. The third kappa shape index (κ3) is 3.49. The van der Waals surface area contributed by atoms with Crippen LogP contribution in [0.5, 0.6) is 0 Å². The number of hydrogen-bond donors (Lipinski definition) is 2. The van der Waals surface area contributed by atoms with Gasteiger partial charge in [-0.2, -0.15) is 0 Å². The van der Waals surface area contributed by atoms with Gasteiger partial charge in [0.05, 0.1) is 17.7 Å². The summed E-state index contributed by atoms with van der Waals surface area (Å²) in [6, 6.07) is 7.23. The number of benzene rings is 1. The fourth-order valence-electron chi connectivity index (χ4n) is 2.62. The van der Waals surface area contributed by atoms with Crippen LogP contribution in [0.25, 0.3) is 0 Å². The van der Waals surface area contributed by atoms with Crippen LogP contribution in [0.2, 0.25) is 0 Å². The highest BCUT2D eigenvalue weighted by atomic mass is 16.3. The Hall–Kier alpha value is -1.72. The van der Waals surface area contributed by atoms with Gasteiger partial charge in [-0.3, -0.25) is 14.5 Å². The van der Waals surface area contributed by atoms with Crippen LogP contribution in [0.4, 0.5) is 0 Å². The van der Waals surface area contributed by atoms with Crippen LogP contribution in [-0.2, 0) is 0 Å². The average Bonchev–Trinajstić information content (AvgIpc) is 2.72. The Kier molecular flexibility index (Phi) is 5.09. The first-order valence-electron chi connectivity index (χ1n) is 7.36. The van der Waals surface area contributed by atoms with Crippen molar-refractivity contribution in [3.05, 3.63) is 35.4 Å². The smallest absolute Gasteiger partial charge is 0.261 e. The third-order valence-electron chi connectivity index (χ3n) is 3.74. The van der Waals surface area contributed by atoms with E-state index in [9.17, 15) is 9.59 Å². The van der Waals surface area contributed by atoms with Gasteiger partial charge in [-0.15, -0.1) is 0 Å². The molecule has 2 unspecified atom stereocenters. The number of rotatable bonds is 7. The summed E-state index contributed by atoms with van der Waals surface area (Å²) in [7, 11) is 0. The summed E-state index contributed by atoms with van der Waals surface area (Å²) in [6.07, 6.45) is 1.59. The monoisotopic (exact) mass is 290 g/mol. The van der Waals surface area contributed by atoms with Gasteiger partial charge in [-0.1, -0.05) is 12.1 Å². The van der Waals surface area contributed by atoms with E-state index in [-0.39, 0.29) is 30.5 Å². The molecule has 0 aliphatic carbocycles. The Morgan fingerprint density at radius 3 is 2.19 bits per heavy atom. The number of amides is 2. The first-order valence-corrected chi connectivity index (χ1v) is 7.36. The van der Waals surface area contributed by atoms with Crippen LogP contribution < -0.4 is 5.32 Å². The quantitative estimate of drug-likeness (QED) is 0.745. The molecule has 2 N–H and O–H groups in total. The number of hydrogen-bond acceptors (Lipinski definition) is 4. The largest absolute Gasteiger partial charge is 0.395 e. The average molecular weight is 290 g/mol. The van der Waals surface area contributed by atoms with Gasteiger partial charge in [0.1, 0.15) is 0 Å². The number of aliphatic hydroxyl groups is 1. The molecule has 0 aromatic heterocycles. The lowest BCUT2D eigenvalue weighted by molar-refractivity contribution is 0.0650. The molecule has 2 atom stereocenters. The number of aliphatic hydroxyl groups excluding tert-OH is 1. The van der Waals surface area contributed by atoms with Crippen LogP contribution in [0.1, 0.15) is 47.4 Å². The molecule has 1 aromatic carbocycles. The number of carbonyl (C=O) groups is 2. The Morgan fingerprint density at radius 2 is 1.67 bits per heavy atom. The molecule has 0 spiro atoms. The molecule has 5 nitrogen and oxygen atoms in total. The van der Waals surface area contributed by atoms with Gasteiger partial charge in [0, 0.05) is 18.6 Å². The minimum absolute atomic E-state index is 0.0549. The Balaban J connectivity index is 1.85. The summed E-state index contributed by atoms with van der Waals surface area (Å²) in [5.41, 5.74) is 1.00. The Bertz CT molecular complexity index is 495. The maximum Gasteiger partial charge on any atom is 0.261 e. The van der Waals surface area contributed by atoms with E-state index in [4.69, 9.17) is 5.11 Å². The first-order chi connectivity index (χ1) is 10.0. The lowest BCUT2D eigenvalue weighted by atomic mass is 10.1. The molecule has 1 aliphatic rings. The summed E-state index contributed by atoms with van der Waals surface area (Å²) >= 11 is 0. The number of imide groups is 1. The van der Waals surface area contributed by atoms with Crippen LogP contribution in [0, 0.1) is 0 Å². The molecule has 2 rings (SSSR count). The number of carbonyl (C=O) groups excluding carboxylic acids is 2. The van der Waals surface area contributed by atoms with Crippen LogP contribution in [0.3, 0.4) is 0 Å². The van der Waals surface area contributed by atoms with Crippen LogP contribution >= 0.6 is 0 Å². The first kappa shape index (κ1) is 15.7. The minimum atomic E-state index is -0.195. The maximum atomic E-state index is 12.2. The van der Waals surface area contributed by atoms with E-state index in [1.165, 1.54) is 4.90 Å². The van der Waals surface area contributed by atoms with Crippen molar-refractivity contribution in [1.29, 1.82) is 0 Å². The van der Waals surface area contributed by atoms with Crippen molar-refractivity contribution in [1.82, 2.24) is 10.2 Å². The van der Waals surface area contributed by atoms with E-state index < -0.39 is 0 Å². The molecule has 5 heteroatoms. The van der Waals surface area contributed by atoms with E-state index in [0.29, 0.717) is 17.7 Å². The second-order valence-electron chi connectivity index (χ2n) is 5.60. The lowest BCUT2D eigenvalue weighted by Crippen LogP contribution is -2.37. The summed E-state index contributed by atoms with van der Waals surface area (Å²) in [6.45, 7) is 4.49. The molecule has 21 heavy (non-hydrogen) atoms. The highest BCUT2D eigenvalue weighted by molar-refractivity contribution is 6.21. The van der Waals surface area contributed by atoms with Crippen molar-refractivity contribution in [2.45, 2.75) is 38.8 Å². The van der Waals surface area contributed by atoms with Crippen molar-refractivity contribution < 1.29 is 14.7 Å². The molecule has 0 saturated heterocycles. The fourth-order valence-corrected chi connectivity index (χ4v) is 2.62. The highest BCUT2D eigenvalue weighted by Crippen LogP contribution is 2.22. The normalized spacial score (nSPS) is 17.0. The van der Waals surface area contributed by atoms with Gasteiger partial charge < -0.3 is 10.4 Å². The van der Waals surface area contributed by atoms with Gasteiger partial charge in [0.25, 0.3) is 11.8 Å². The van der Waals surface area contributed by atoms with E-state index >= 15 is 0 Å². The number of nitrogens with one attached hydrogen (secondary N) is 1. The fraction of sp³-hybridized carbons (Fsp3) is 0.500. The van der Waals surface area contributed by atoms with Crippen LogP contribution in [-0.4, -0.2) is 47.1 Å². The van der Waals surface area contributed by atoms with Gasteiger partial charge in [0.2, 0.25) is 0 Å². The molecule has 1 aromatic rings. The predicted octanol–water partition coefficient (Wildman–Crippen LogP) is 1.42. The molecule has 1 aliphatic heterocycles. The molecule has 0 saturated carbocycles. The van der Waals surface area contributed by atoms with E-state index in [2.05, 4.69) is 5.32 Å².